The number of nitrogens with two attached hydrogens (primary N) is 1. The molecular weight excluding hydrogens is 275 g/mol. The number of benzene rings is 2. The summed E-state index contributed by atoms with van der Waals surface area (Å²) in [5, 5.41) is 1.25. The topological polar surface area (TPSA) is 30.9 Å². The van der Waals surface area contributed by atoms with Crippen molar-refractivity contribution in [2.45, 2.75) is 13.1 Å². The molecule has 2 N–H and O–H groups in total. The Kier molecular flexibility index (Phi) is 3.47. The Morgan fingerprint density at radius 1 is 1.10 bits per heavy atom. The fraction of sp³-hybridized carbons (Fsp3) is 0.125. The molecule has 2 nitrogen and oxygen atoms in total. The zero-order valence-corrected chi connectivity index (χ0v) is 11.6. The number of hydrogen-bond donors (Lipinski definition) is 1. The number of aromatic nitrogens is 1. The summed E-state index contributed by atoms with van der Waals surface area (Å²) in [6, 6.07) is 15.1. The molecule has 0 saturated carbocycles. The molecule has 0 radical (unpaired) electrons. The molecule has 2 aromatic carbocycles. The van der Waals surface area contributed by atoms with E-state index < -0.39 is 0 Å². The zero-order chi connectivity index (χ0) is 14.1. The van der Waals surface area contributed by atoms with Crippen LogP contribution < -0.4 is 5.73 Å². The molecule has 0 atom stereocenters. The van der Waals surface area contributed by atoms with Gasteiger partial charge < -0.3 is 10.3 Å². The van der Waals surface area contributed by atoms with E-state index in [1.165, 1.54) is 0 Å². The van der Waals surface area contributed by atoms with Gasteiger partial charge in [0.15, 0.2) is 0 Å². The predicted molar refractivity (Wildman–Crippen MR) is 80.3 cm³/mol. The minimum Gasteiger partial charge on any atom is -0.339 e. The van der Waals surface area contributed by atoms with Crippen LogP contribution in [0.5, 0.6) is 0 Å². The molecule has 0 aliphatic rings. The first kappa shape index (κ1) is 13.2. The number of fused-ring (bicyclic) bond motifs is 1. The van der Waals surface area contributed by atoms with Crippen LogP contribution in [0.3, 0.4) is 0 Å². The van der Waals surface area contributed by atoms with Crippen molar-refractivity contribution >= 4 is 22.5 Å². The number of nitrogens with zero attached hydrogens (tertiary/aromatic N) is 1. The van der Waals surface area contributed by atoms with Crippen LogP contribution in [0.1, 0.15) is 11.3 Å². The molecule has 0 aliphatic carbocycles. The highest BCUT2D eigenvalue weighted by Gasteiger charge is 2.11. The van der Waals surface area contributed by atoms with Crippen LogP contribution in [0.15, 0.2) is 48.5 Å². The standard InChI is InChI=1S/C16H14ClFN2/c17-14-6-3-5-12(16(14)18)10-20-13(9-19)8-11-4-1-2-7-15(11)20/h1-8H,9-10,19H2. The second kappa shape index (κ2) is 5.27. The molecule has 1 aromatic heterocycles. The first-order valence-electron chi connectivity index (χ1n) is 6.41. The van der Waals surface area contributed by atoms with E-state index in [4.69, 9.17) is 17.3 Å². The van der Waals surface area contributed by atoms with Gasteiger partial charge in [-0.3, -0.25) is 0 Å². The summed E-state index contributed by atoms with van der Waals surface area (Å²) in [5.41, 5.74) is 8.38. The summed E-state index contributed by atoms with van der Waals surface area (Å²) in [7, 11) is 0. The van der Waals surface area contributed by atoms with Crippen LogP contribution in [0.2, 0.25) is 5.02 Å². The van der Waals surface area contributed by atoms with Gasteiger partial charge in [0.05, 0.1) is 11.6 Å². The summed E-state index contributed by atoms with van der Waals surface area (Å²) in [4.78, 5) is 0. The third-order valence-corrected chi connectivity index (χ3v) is 3.76. The van der Waals surface area contributed by atoms with Gasteiger partial charge in [-0.15, -0.1) is 0 Å². The van der Waals surface area contributed by atoms with Crippen LogP contribution in [0.25, 0.3) is 10.9 Å². The summed E-state index contributed by atoms with van der Waals surface area (Å²) >= 11 is 5.84. The average Bonchev–Trinajstić information content (AvgIpc) is 2.82. The Hall–Kier alpha value is -1.84. The van der Waals surface area contributed by atoms with Crippen molar-refractivity contribution in [3.63, 3.8) is 0 Å². The fourth-order valence-electron chi connectivity index (χ4n) is 2.46. The molecule has 0 saturated heterocycles. The van der Waals surface area contributed by atoms with Gasteiger partial charge in [0, 0.05) is 23.3 Å². The van der Waals surface area contributed by atoms with E-state index in [9.17, 15) is 4.39 Å². The molecule has 1 heterocycles. The van der Waals surface area contributed by atoms with Gasteiger partial charge >= 0.3 is 0 Å². The lowest BCUT2D eigenvalue weighted by molar-refractivity contribution is 0.599. The number of rotatable bonds is 3. The van der Waals surface area contributed by atoms with Crippen LogP contribution in [-0.2, 0) is 13.1 Å². The van der Waals surface area contributed by atoms with Crippen molar-refractivity contribution < 1.29 is 4.39 Å². The van der Waals surface area contributed by atoms with Crippen molar-refractivity contribution in [2.24, 2.45) is 5.73 Å². The van der Waals surface area contributed by atoms with Crippen molar-refractivity contribution in [1.29, 1.82) is 0 Å². The molecule has 3 rings (SSSR count). The van der Waals surface area contributed by atoms with Crippen LogP contribution >= 0.6 is 11.6 Å². The predicted octanol–water partition coefficient (Wildman–Crippen LogP) is 3.94. The molecule has 3 aromatic rings. The molecule has 4 heteroatoms. The minimum absolute atomic E-state index is 0.147. The lowest BCUT2D eigenvalue weighted by Gasteiger charge is -2.11. The Morgan fingerprint density at radius 3 is 2.70 bits per heavy atom. The highest BCUT2D eigenvalue weighted by molar-refractivity contribution is 6.30. The van der Waals surface area contributed by atoms with E-state index in [-0.39, 0.29) is 10.8 Å². The maximum absolute atomic E-state index is 14.1. The Morgan fingerprint density at radius 2 is 1.90 bits per heavy atom. The third-order valence-electron chi connectivity index (χ3n) is 3.47. The third kappa shape index (κ3) is 2.19. The lowest BCUT2D eigenvalue weighted by Crippen LogP contribution is -2.09. The summed E-state index contributed by atoms with van der Waals surface area (Å²) < 4.78 is 16.1. The van der Waals surface area contributed by atoms with Crippen molar-refractivity contribution in [1.82, 2.24) is 4.57 Å². The van der Waals surface area contributed by atoms with E-state index in [1.807, 2.05) is 34.9 Å². The first-order valence-corrected chi connectivity index (χ1v) is 6.78. The Bertz CT molecular complexity index is 764. The number of halogens is 2. The number of para-hydroxylation sites is 1. The summed E-state index contributed by atoms with van der Waals surface area (Å²) in [6.07, 6.45) is 0. The van der Waals surface area contributed by atoms with Crippen LogP contribution in [0, 0.1) is 5.82 Å². The molecule has 102 valence electrons. The van der Waals surface area contributed by atoms with Crippen molar-refractivity contribution in [3.8, 4) is 0 Å². The van der Waals surface area contributed by atoms with Crippen molar-refractivity contribution in [2.75, 3.05) is 0 Å². The van der Waals surface area contributed by atoms with Gasteiger partial charge in [0.2, 0.25) is 0 Å². The van der Waals surface area contributed by atoms with E-state index in [0.717, 1.165) is 16.6 Å². The van der Waals surface area contributed by atoms with E-state index >= 15 is 0 Å². The van der Waals surface area contributed by atoms with Crippen molar-refractivity contribution in [3.05, 3.63) is 70.6 Å². The van der Waals surface area contributed by atoms with Gasteiger partial charge in [-0.05, 0) is 23.6 Å². The second-order valence-electron chi connectivity index (χ2n) is 4.70. The second-order valence-corrected chi connectivity index (χ2v) is 5.10. The number of hydrogen-bond acceptors (Lipinski definition) is 1. The van der Waals surface area contributed by atoms with Gasteiger partial charge in [0.25, 0.3) is 0 Å². The quantitative estimate of drug-likeness (QED) is 0.777. The zero-order valence-electron chi connectivity index (χ0n) is 10.8. The van der Waals surface area contributed by atoms with Crippen LogP contribution in [0.4, 0.5) is 4.39 Å². The van der Waals surface area contributed by atoms with Crippen LogP contribution in [-0.4, -0.2) is 4.57 Å². The molecule has 0 spiro atoms. The molecule has 0 unspecified atom stereocenters. The largest absolute Gasteiger partial charge is 0.339 e. The lowest BCUT2D eigenvalue weighted by atomic mass is 10.2. The molecule has 0 fully saturated rings. The first-order chi connectivity index (χ1) is 9.70. The minimum atomic E-state index is -0.366. The van der Waals surface area contributed by atoms with E-state index in [2.05, 4.69) is 0 Å². The van der Waals surface area contributed by atoms with E-state index in [1.54, 1.807) is 18.2 Å². The Balaban J connectivity index is 2.12. The highest BCUT2D eigenvalue weighted by Crippen LogP contribution is 2.24. The SMILES string of the molecule is NCc1cc2ccccc2n1Cc1cccc(Cl)c1F. The van der Waals surface area contributed by atoms with Gasteiger partial charge in [-0.25, -0.2) is 4.39 Å². The smallest absolute Gasteiger partial charge is 0.146 e. The Labute approximate surface area is 121 Å². The fourth-order valence-corrected chi connectivity index (χ4v) is 2.66. The average molecular weight is 289 g/mol. The van der Waals surface area contributed by atoms with Gasteiger partial charge in [-0.1, -0.05) is 41.9 Å². The highest BCUT2D eigenvalue weighted by atomic mass is 35.5. The summed E-state index contributed by atoms with van der Waals surface area (Å²) in [5.74, 6) is -0.366. The monoisotopic (exact) mass is 288 g/mol. The maximum atomic E-state index is 14.1. The van der Waals surface area contributed by atoms with E-state index in [0.29, 0.717) is 18.7 Å². The molecule has 0 aliphatic heterocycles. The van der Waals surface area contributed by atoms with Gasteiger partial charge in [-0.2, -0.15) is 0 Å². The summed E-state index contributed by atoms with van der Waals surface area (Å²) in [6.45, 7) is 0.837. The van der Waals surface area contributed by atoms with Gasteiger partial charge in [0.1, 0.15) is 5.82 Å². The molecule has 0 bridgehead atoms. The molecular formula is C16H14ClFN2. The molecule has 20 heavy (non-hydrogen) atoms. The molecule has 0 amide bonds. The maximum Gasteiger partial charge on any atom is 0.146 e. The normalized spacial score (nSPS) is 11.2.